The van der Waals surface area contributed by atoms with Gasteiger partial charge in [-0.15, -0.1) is 11.8 Å². The molecule has 1 unspecified atom stereocenters. The number of cyclic esters (lactones) is 1. The molecule has 352 valence electrons. The Labute approximate surface area is 392 Å². The Kier molecular flexibility index (Phi) is 13.6. The molecule has 1 aromatic carbocycles. The van der Waals surface area contributed by atoms with E-state index in [0.717, 1.165) is 76.5 Å². The number of benzene rings is 1. The molecule has 0 radical (unpaired) electrons. The number of ether oxygens (including phenoxy) is 3. The molecule has 15 nitrogen and oxygen atoms in total. The third-order valence-corrected chi connectivity index (χ3v) is 15.1. The largest absolute Gasteiger partial charge is 0.464 e. The number of aromatic nitrogens is 3. The minimum absolute atomic E-state index is 0.0276. The van der Waals surface area contributed by atoms with Gasteiger partial charge in [0.2, 0.25) is 5.91 Å². The first-order valence-corrected chi connectivity index (χ1v) is 24.8. The van der Waals surface area contributed by atoms with E-state index >= 15 is 0 Å². The number of carbonyl (C=O) groups is 3. The van der Waals surface area contributed by atoms with Gasteiger partial charge in [0.1, 0.15) is 23.2 Å². The van der Waals surface area contributed by atoms with Gasteiger partial charge < -0.3 is 33.9 Å². The summed E-state index contributed by atoms with van der Waals surface area (Å²) in [4.78, 5) is 62.7. The number of anilines is 1. The average molecular weight is 920 g/mol. The van der Waals surface area contributed by atoms with E-state index in [0.29, 0.717) is 56.2 Å². The topological polar surface area (TPSA) is 156 Å². The van der Waals surface area contributed by atoms with Gasteiger partial charge in [-0.3, -0.25) is 34.4 Å². The van der Waals surface area contributed by atoms with Crippen LogP contribution in [0.25, 0.3) is 22.2 Å². The van der Waals surface area contributed by atoms with Gasteiger partial charge >= 0.3 is 5.97 Å². The number of thioether (sulfide) groups is 1. The molecule has 2 N–H and O–H groups in total. The van der Waals surface area contributed by atoms with Gasteiger partial charge in [-0.25, -0.2) is 5.43 Å². The van der Waals surface area contributed by atoms with Crippen molar-refractivity contribution >= 4 is 51.2 Å². The molecule has 1 aliphatic carbocycles. The normalized spacial score (nSPS) is 26.4. The molecule has 2 saturated heterocycles. The van der Waals surface area contributed by atoms with Crippen molar-refractivity contribution in [1.29, 1.82) is 0 Å². The van der Waals surface area contributed by atoms with E-state index in [1.165, 1.54) is 5.01 Å². The van der Waals surface area contributed by atoms with Crippen LogP contribution < -0.4 is 15.6 Å². The molecule has 4 aliphatic heterocycles. The number of pyridine rings is 2. The van der Waals surface area contributed by atoms with Crippen molar-refractivity contribution in [2.45, 2.75) is 103 Å². The first-order valence-electron chi connectivity index (χ1n) is 23.8. The second-order valence-corrected chi connectivity index (χ2v) is 20.3. The molecule has 66 heavy (non-hydrogen) atoms. The number of rotatable bonds is 10. The predicted octanol–water partition coefficient (Wildman–Crippen LogP) is 6.08. The number of aryl methyl sites for hydroxylation is 1. The lowest BCUT2D eigenvalue weighted by Crippen LogP contribution is -2.63. The molecule has 3 fully saturated rings. The number of carbonyl (C=O) groups excluding carboxylic acids is 3. The van der Waals surface area contributed by atoms with Gasteiger partial charge in [0.05, 0.1) is 42.0 Å². The molecular formula is C50H65N9O6S. The highest BCUT2D eigenvalue weighted by Gasteiger charge is 2.48. The number of amides is 2. The number of methoxy groups -OCH3 is 1. The fourth-order valence-electron chi connectivity index (χ4n) is 10.1. The first kappa shape index (κ1) is 46.2. The summed E-state index contributed by atoms with van der Waals surface area (Å²) >= 11 is 1.57. The zero-order valence-electron chi connectivity index (χ0n) is 39.4. The van der Waals surface area contributed by atoms with Crippen LogP contribution in [0.15, 0.2) is 59.9 Å². The quantitative estimate of drug-likeness (QED) is 0.177. The van der Waals surface area contributed by atoms with Crippen molar-refractivity contribution in [3.63, 3.8) is 0 Å². The van der Waals surface area contributed by atoms with Crippen LogP contribution in [0.2, 0.25) is 0 Å². The van der Waals surface area contributed by atoms with Crippen LogP contribution in [0.5, 0.6) is 0 Å². The number of piperazine rings is 1. The molecule has 2 amide bonds. The summed E-state index contributed by atoms with van der Waals surface area (Å²) in [6.45, 7) is 15.7. The zero-order valence-corrected chi connectivity index (χ0v) is 40.2. The van der Waals surface area contributed by atoms with Crippen LogP contribution in [0.4, 0.5) is 5.69 Å². The maximum Gasteiger partial charge on any atom is 0.324 e. The van der Waals surface area contributed by atoms with Gasteiger partial charge in [-0.05, 0) is 95.0 Å². The SMILES string of the molecule is CCO[C@@H]1C2=NC(CS2)c2ccc3c(c2)c(c(-c2cc(N4CCN(C)CC4)cnc2[C@H](C)OC)n3CC)CC(C)(C)COC(=O)[C@@H]2CCCN(N2)C(=O)[C@H]1NC(=O)[C@@H]1C[C@H]1c1ccccn1. The molecule has 6 bridgehead atoms. The Morgan fingerprint density at radius 1 is 1.08 bits per heavy atom. The lowest BCUT2D eigenvalue weighted by atomic mass is 9.84. The van der Waals surface area contributed by atoms with E-state index in [-0.39, 0.29) is 42.4 Å². The predicted molar refractivity (Wildman–Crippen MR) is 257 cm³/mol. The summed E-state index contributed by atoms with van der Waals surface area (Å²) < 4.78 is 21.1. The Morgan fingerprint density at radius 3 is 2.64 bits per heavy atom. The third-order valence-electron chi connectivity index (χ3n) is 14.0. The molecule has 16 heteroatoms. The van der Waals surface area contributed by atoms with E-state index < -0.39 is 29.6 Å². The number of hydrogen-bond acceptors (Lipinski definition) is 13. The molecule has 9 rings (SSSR count). The van der Waals surface area contributed by atoms with Crippen molar-refractivity contribution in [2.24, 2.45) is 16.3 Å². The van der Waals surface area contributed by atoms with E-state index in [1.807, 2.05) is 38.2 Å². The van der Waals surface area contributed by atoms with E-state index in [9.17, 15) is 14.4 Å². The number of hydrogen-bond donors (Lipinski definition) is 2. The summed E-state index contributed by atoms with van der Waals surface area (Å²) in [7, 11) is 3.89. The van der Waals surface area contributed by atoms with Crippen molar-refractivity contribution < 1.29 is 28.6 Å². The highest BCUT2D eigenvalue weighted by Crippen LogP contribution is 2.47. The molecule has 0 spiro atoms. The van der Waals surface area contributed by atoms with Crippen molar-refractivity contribution in [2.75, 3.05) is 70.7 Å². The summed E-state index contributed by atoms with van der Waals surface area (Å²) in [5, 5.41) is 6.37. The Balaban J connectivity index is 1.15. The fraction of sp³-hybridized carbons (Fsp3) is 0.560. The summed E-state index contributed by atoms with van der Waals surface area (Å²) in [6.07, 6.45) is 4.94. The van der Waals surface area contributed by atoms with Crippen LogP contribution in [0, 0.1) is 11.3 Å². The number of nitrogens with zero attached hydrogens (tertiary/aromatic N) is 7. The summed E-state index contributed by atoms with van der Waals surface area (Å²) in [5.74, 6) is -0.736. The number of aliphatic imine (C=N–C) groups is 1. The fourth-order valence-corrected chi connectivity index (χ4v) is 11.3. The van der Waals surface area contributed by atoms with Gasteiger partial charge in [0.15, 0.2) is 0 Å². The molecule has 4 aromatic rings. The number of fused-ring (bicyclic) bond motifs is 5. The maximum atomic E-state index is 14.8. The minimum atomic E-state index is -1.10. The Morgan fingerprint density at radius 2 is 1.89 bits per heavy atom. The number of likely N-dealkylation sites (N-methyl/N-ethyl adjacent to an activating group) is 1. The van der Waals surface area contributed by atoms with Crippen molar-refractivity contribution in [3.8, 4) is 11.3 Å². The van der Waals surface area contributed by atoms with Crippen LogP contribution >= 0.6 is 11.8 Å². The van der Waals surface area contributed by atoms with Gasteiger partial charge in [0.25, 0.3) is 5.91 Å². The highest BCUT2D eigenvalue weighted by molar-refractivity contribution is 8.14. The van der Waals surface area contributed by atoms with Gasteiger partial charge in [0, 0.05) is 104 Å². The van der Waals surface area contributed by atoms with Crippen LogP contribution in [0.1, 0.15) is 94.5 Å². The van der Waals surface area contributed by atoms with Crippen molar-refractivity contribution in [1.82, 2.24) is 35.2 Å². The number of esters is 1. The smallest absolute Gasteiger partial charge is 0.324 e. The van der Waals surface area contributed by atoms with Crippen LogP contribution in [-0.2, 0) is 41.6 Å². The maximum absolute atomic E-state index is 14.8. The van der Waals surface area contributed by atoms with Gasteiger partial charge in [-0.2, -0.15) is 0 Å². The number of hydrazine groups is 1. The van der Waals surface area contributed by atoms with Crippen LogP contribution in [0.3, 0.4) is 0 Å². The average Bonchev–Trinajstić information content (AvgIpc) is 3.90. The van der Waals surface area contributed by atoms with E-state index in [1.54, 1.807) is 25.1 Å². The van der Waals surface area contributed by atoms with Gasteiger partial charge in [-0.1, -0.05) is 26.0 Å². The second-order valence-electron chi connectivity index (χ2n) is 19.3. The zero-order chi connectivity index (χ0) is 46.3. The van der Waals surface area contributed by atoms with Crippen LogP contribution in [-0.4, -0.2) is 131 Å². The molecule has 1 saturated carbocycles. The second kappa shape index (κ2) is 19.4. The number of nitrogens with one attached hydrogen (secondary N) is 2. The van der Waals surface area contributed by atoms with E-state index in [2.05, 4.69) is 82.2 Å². The molecular weight excluding hydrogens is 855 g/mol. The summed E-state index contributed by atoms with van der Waals surface area (Å²) in [6, 6.07) is 12.6. The molecule has 7 atom stereocenters. The standard InChI is InChI=1S/C50H65N9O6S/c1-8-58-41-16-15-31-23-34(41)37(44(58)36-24-32(27-52-42(36)30(3)63-7)57-21-19-56(6)20-22-57)26-50(4,5)29-65-49(62)39-14-12-18-59(55-39)48(61)43(45(64-9-2)47-53-40(31)28-66-47)54-46(60)35-25-33(35)38-13-10-11-17-51-38/h10-11,13,15-17,23-24,27,30,33,35,39-40,43,45,55H,8-9,12,14,18-22,25-26,28-29H2,1-7H3,(H,54,60)/t30-,33+,35+,39-,40?,43-,45-/m0/s1. The summed E-state index contributed by atoms with van der Waals surface area (Å²) in [5.41, 5.74) is 10.9. The molecule has 3 aromatic heterocycles. The Bertz CT molecular complexity index is 2470. The minimum Gasteiger partial charge on any atom is -0.464 e. The van der Waals surface area contributed by atoms with Crippen molar-refractivity contribution in [3.05, 3.63) is 77.4 Å². The molecule has 7 heterocycles. The Hall–Kier alpha value is -4.87. The lowest BCUT2D eigenvalue weighted by molar-refractivity contribution is -0.156. The monoisotopic (exact) mass is 919 g/mol. The lowest BCUT2D eigenvalue weighted by Gasteiger charge is -2.37. The first-order chi connectivity index (χ1) is 31.9. The highest BCUT2D eigenvalue weighted by atomic mass is 32.2. The third kappa shape index (κ3) is 9.36. The van der Waals surface area contributed by atoms with E-state index in [4.69, 9.17) is 24.2 Å². The molecule has 5 aliphatic rings.